The van der Waals surface area contributed by atoms with Crippen LogP contribution in [0.15, 0.2) is 42.9 Å². The predicted octanol–water partition coefficient (Wildman–Crippen LogP) is 1.72. The molecule has 0 aromatic carbocycles. The predicted molar refractivity (Wildman–Crippen MR) is 73.3 cm³/mol. The Hall–Kier alpha value is -2.43. The van der Waals surface area contributed by atoms with Gasteiger partial charge in [0.25, 0.3) is 5.91 Å². The number of pyridine rings is 2. The number of nitrogen functional groups attached to an aromatic ring is 1. The first-order valence-corrected chi connectivity index (χ1v) is 6.11. The Morgan fingerprint density at radius 1 is 1.26 bits per heavy atom. The highest BCUT2D eigenvalue weighted by molar-refractivity contribution is 5.98. The second-order valence-corrected chi connectivity index (χ2v) is 4.11. The van der Waals surface area contributed by atoms with E-state index in [1.165, 1.54) is 0 Å². The molecule has 2 heterocycles. The van der Waals surface area contributed by atoms with Crippen LogP contribution < -0.4 is 5.73 Å². The normalized spacial score (nSPS) is 10.2. The molecule has 2 N–H and O–H groups in total. The average Bonchev–Trinajstić information content (AvgIpc) is 2.46. The van der Waals surface area contributed by atoms with Gasteiger partial charge in [-0.15, -0.1) is 0 Å². The molecule has 1 amide bonds. The van der Waals surface area contributed by atoms with E-state index in [0.717, 1.165) is 5.56 Å². The lowest BCUT2D eigenvalue weighted by Crippen LogP contribution is -2.31. The van der Waals surface area contributed by atoms with E-state index in [1.54, 1.807) is 35.6 Å². The van der Waals surface area contributed by atoms with Crippen molar-refractivity contribution in [1.29, 1.82) is 0 Å². The number of amides is 1. The van der Waals surface area contributed by atoms with Gasteiger partial charge < -0.3 is 10.6 Å². The van der Waals surface area contributed by atoms with Crippen molar-refractivity contribution < 1.29 is 4.79 Å². The van der Waals surface area contributed by atoms with Crippen molar-refractivity contribution in [2.75, 3.05) is 12.3 Å². The van der Waals surface area contributed by atoms with E-state index < -0.39 is 0 Å². The van der Waals surface area contributed by atoms with Crippen molar-refractivity contribution in [2.45, 2.75) is 13.5 Å². The van der Waals surface area contributed by atoms with Gasteiger partial charge in [0.15, 0.2) is 0 Å². The largest absolute Gasteiger partial charge is 0.383 e. The summed E-state index contributed by atoms with van der Waals surface area (Å²) >= 11 is 0. The third kappa shape index (κ3) is 3.07. The molecule has 0 saturated carbocycles. The van der Waals surface area contributed by atoms with Crippen LogP contribution in [0.4, 0.5) is 5.82 Å². The Morgan fingerprint density at radius 3 is 2.63 bits per heavy atom. The van der Waals surface area contributed by atoms with E-state index in [4.69, 9.17) is 5.73 Å². The molecule has 0 radical (unpaired) electrons. The van der Waals surface area contributed by atoms with Crippen LogP contribution in [-0.4, -0.2) is 27.3 Å². The topological polar surface area (TPSA) is 72.1 Å². The Balaban J connectivity index is 2.18. The van der Waals surface area contributed by atoms with E-state index in [2.05, 4.69) is 9.97 Å². The fourth-order valence-corrected chi connectivity index (χ4v) is 1.80. The van der Waals surface area contributed by atoms with Crippen molar-refractivity contribution in [1.82, 2.24) is 14.9 Å². The average molecular weight is 256 g/mol. The van der Waals surface area contributed by atoms with Gasteiger partial charge in [0.05, 0.1) is 5.56 Å². The number of nitrogens with two attached hydrogens (primary N) is 1. The first-order chi connectivity index (χ1) is 9.22. The zero-order chi connectivity index (χ0) is 13.7. The molecule has 0 bridgehead atoms. The Labute approximate surface area is 112 Å². The Morgan fingerprint density at radius 2 is 2.00 bits per heavy atom. The highest BCUT2D eigenvalue weighted by atomic mass is 16.2. The van der Waals surface area contributed by atoms with Crippen LogP contribution in [0, 0.1) is 0 Å². The van der Waals surface area contributed by atoms with Gasteiger partial charge in [-0.25, -0.2) is 4.98 Å². The van der Waals surface area contributed by atoms with Gasteiger partial charge in [-0.3, -0.25) is 9.78 Å². The maximum absolute atomic E-state index is 12.4. The van der Waals surface area contributed by atoms with E-state index in [9.17, 15) is 4.79 Å². The number of rotatable bonds is 4. The first-order valence-electron chi connectivity index (χ1n) is 6.11. The molecular weight excluding hydrogens is 240 g/mol. The third-order valence-electron chi connectivity index (χ3n) is 2.86. The third-order valence-corrected chi connectivity index (χ3v) is 2.86. The zero-order valence-electron chi connectivity index (χ0n) is 10.8. The molecule has 0 spiro atoms. The highest BCUT2D eigenvalue weighted by Gasteiger charge is 2.17. The molecule has 0 aliphatic carbocycles. The number of hydrogen-bond acceptors (Lipinski definition) is 4. The highest BCUT2D eigenvalue weighted by Crippen LogP contribution is 2.13. The molecule has 0 saturated heterocycles. The lowest BCUT2D eigenvalue weighted by Gasteiger charge is -2.21. The standard InChI is InChI=1S/C14H16N4O/c1-2-18(10-11-5-8-16-9-6-11)14(19)12-4-3-7-17-13(12)15/h3-9H,2,10H2,1H3,(H2,15,17). The molecule has 2 aromatic heterocycles. The van der Waals surface area contributed by atoms with Gasteiger partial charge in [0.1, 0.15) is 5.82 Å². The lowest BCUT2D eigenvalue weighted by atomic mass is 10.2. The number of aromatic nitrogens is 2. The molecule has 0 aliphatic rings. The van der Waals surface area contributed by atoms with E-state index in [0.29, 0.717) is 18.7 Å². The van der Waals surface area contributed by atoms with Crippen LogP contribution in [-0.2, 0) is 6.54 Å². The summed E-state index contributed by atoms with van der Waals surface area (Å²) in [7, 11) is 0. The first kappa shape index (κ1) is 13.0. The maximum Gasteiger partial charge on any atom is 0.257 e. The quantitative estimate of drug-likeness (QED) is 0.904. The summed E-state index contributed by atoms with van der Waals surface area (Å²) in [6.45, 7) is 3.08. The lowest BCUT2D eigenvalue weighted by molar-refractivity contribution is 0.0753. The second kappa shape index (κ2) is 5.95. The summed E-state index contributed by atoms with van der Waals surface area (Å²) in [5.74, 6) is 0.158. The summed E-state index contributed by atoms with van der Waals surface area (Å²) < 4.78 is 0. The number of hydrogen-bond donors (Lipinski definition) is 1. The van der Waals surface area contributed by atoms with Gasteiger partial charge in [-0.1, -0.05) is 0 Å². The number of nitrogens with zero attached hydrogens (tertiary/aromatic N) is 3. The van der Waals surface area contributed by atoms with E-state index in [-0.39, 0.29) is 11.7 Å². The SMILES string of the molecule is CCN(Cc1ccncc1)C(=O)c1cccnc1N. The fourth-order valence-electron chi connectivity index (χ4n) is 1.80. The molecule has 0 fully saturated rings. The molecule has 2 rings (SSSR count). The number of carbonyl (C=O) groups excluding carboxylic acids is 1. The molecule has 19 heavy (non-hydrogen) atoms. The van der Waals surface area contributed by atoms with Crippen molar-refractivity contribution in [3.8, 4) is 0 Å². The molecule has 0 unspecified atom stereocenters. The summed E-state index contributed by atoms with van der Waals surface area (Å²) in [6, 6.07) is 7.19. The minimum Gasteiger partial charge on any atom is -0.383 e. The molecule has 0 aliphatic heterocycles. The Bertz CT molecular complexity index is 556. The molecule has 5 nitrogen and oxygen atoms in total. The zero-order valence-corrected chi connectivity index (χ0v) is 10.8. The molecule has 2 aromatic rings. The maximum atomic E-state index is 12.4. The van der Waals surface area contributed by atoms with Crippen LogP contribution in [0.1, 0.15) is 22.8 Å². The monoisotopic (exact) mass is 256 g/mol. The van der Waals surface area contributed by atoms with Crippen LogP contribution in [0.5, 0.6) is 0 Å². The summed E-state index contributed by atoms with van der Waals surface area (Å²) in [6.07, 6.45) is 5.00. The van der Waals surface area contributed by atoms with Crippen LogP contribution in [0.25, 0.3) is 0 Å². The van der Waals surface area contributed by atoms with Crippen molar-refractivity contribution >= 4 is 11.7 Å². The van der Waals surface area contributed by atoms with Crippen LogP contribution in [0.3, 0.4) is 0 Å². The van der Waals surface area contributed by atoms with Crippen molar-refractivity contribution in [3.05, 3.63) is 54.0 Å². The summed E-state index contributed by atoms with van der Waals surface area (Å²) in [4.78, 5) is 22.0. The summed E-state index contributed by atoms with van der Waals surface area (Å²) in [5, 5.41) is 0. The molecule has 98 valence electrons. The molecule has 0 atom stereocenters. The van der Waals surface area contributed by atoms with Crippen LogP contribution >= 0.6 is 0 Å². The van der Waals surface area contributed by atoms with Gasteiger partial charge in [0.2, 0.25) is 0 Å². The van der Waals surface area contributed by atoms with E-state index >= 15 is 0 Å². The van der Waals surface area contributed by atoms with Gasteiger partial charge in [0, 0.05) is 31.7 Å². The van der Waals surface area contributed by atoms with Gasteiger partial charge >= 0.3 is 0 Å². The molecule has 5 heteroatoms. The van der Waals surface area contributed by atoms with Gasteiger partial charge in [-0.2, -0.15) is 0 Å². The van der Waals surface area contributed by atoms with Crippen LogP contribution in [0.2, 0.25) is 0 Å². The second-order valence-electron chi connectivity index (χ2n) is 4.11. The van der Waals surface area contributed by atoms with E-state index in [1.807, 2.05) is 19.1 Å². The minimum atomic E-state index is -0.107. The smallest absolute Gasteiger partial charge is 0.257 e. The van der Waals surface area contributed by atoms with Crippen molar-refractivity contribution in [2.24, 2.45) is 0 Å². The van der Waals surface area contributed by atoms with Crippen molar-refractivity contribution in [3.63, 3.8) is 0 Å². The summed E-state index contributed by atoms with van der Waals surface area (Å²) in [5.41, 5.74) is 7.22. The van der Waals surface area contributed by atoms with Gasteiger partial charge in [-0.05, 0) is 36.8 Å². The molecular formula is C14H16N4O. The number of anilines is 1. The number of carbonyl (C=O) groups is 1. The Kier molecular flexibility index (Phi) is 4.07. The minimum absolute atomic E-state index is 0.107. The fraction of sp³-hybridized carbons (Fsp3) is 0.214.